The van der Waals surface area contributed by atoms with Crippen molar-refractivity contribution in [3.05, 3.63) is 58.9 Å². The molecule has 0 bridgehead atoms. The van der Waals surface area contributed by atoms with Crippen LogP contribution in [-0.4, -0.2) is 27.4 Å². The van der Waals surface area contributed by atoms with Gasteiger partial charge in [0.2, 0.25) is 5.56 Å². The lowest BCUT2D eigenvalue weighted by molar-refractivity contribution is 0.373. The van der Waals surface area contributed by atoms with Crippen LogP contribution in [0.1, 0.15) is 0 Å². The zero-order chi connectivity index (χ0) is 17.3. The number of aromatic amines is 1. The number of phenols is 3. The molecule has 6 nitrogen and oxygen atoms in total. The molecule has 2 aromatic carbocycles. The Bertz CT molecular complexity index is 962. The van der Waals surface area contributed by atoms with E-state index in [0.29, 0.717) is 28.1 Å². The topological polar surface area (TPSA) is 103 Å². The summed E-state index contributed by atoms with van der Waals surface area (Å²) >= 11 is 0. The van der Waals surface area contributed by atoms with Gasteiger partial charge >= 0.3 is 0 Å². The molecule has 0 spiro atoms. The van der Waals surface area contributed by atoms with Crippen molar-refractivity contribution in [1.29, 1.82) is 0 Å². The Morgan fingerprint density at radius 3 is 2.17 bits per heavy atom. The molecule has 0 amide bonds. The van der Waals surface area contributed by atoms with E-state index in [2.05, 4.69) is 4.98 Å². The Morgan fingerprint density at radius 2 is 1.50 bits per heavy atom. The summed E-state index contributed by atoms with van der Waals surface area (Å²) in [5.74, 6) is -0.204. The Balaban J connectivity index is 2.11. The summed E-state index contributed by atoms with van der Waals surface area (Å²) in [6, 6.07) is 12.2. The first-order valence-electron chi connectivity index (χ1n) is 7.12. The number of hydrogen-bond acceptors (Lipinski definition) is 5. The minimum Gasteiger partial charge on any atom is -0.504 e. The molecule has 1 aromatic heterocycles. The number of pyridine rings is 1. The van der Waals surface area contributed by atoms with E-state index >= 15 is 0 Å². The fraction of sp³-hybridized carbons (Fsp3) is 0.0556. The highest BCUT2D eigenvalue weighted by molar-refractivity contribution is 5.73. The average Bonchev–Trinajstić information content (AvgIpc) is 2.56. The van der Waals surface area contributed by atoms with Gasteiger partial charge in [-0.25, -0.2) is 0 Å². The van der Waals surface area contributed by atoms with E-state index in [4.69, 9.17) is 4.74 Å². The summed E-state index contributed by atoms with van der Waals surface area (Å²) in [7, 11) is 1.45. The van der Waals surface area contributed by atoms with Gasteiger partial charge in [0.15, 0.2) is 23.0 Å². The number of methoxy groups -OCH3 is 1. The number of aromatic nitrogens is 1. The maximum Gasteiger partial charge on any atom is 0.249 e. The predicted octanol–water partition coefficient (Wildman–Crippen LogP) is 2.83. The van der Waals surface area contributed by atoms with Gasteiger partial charge in [0.1, 0.15) is 0 Å². The molecular formula is C18H15NO5. The normalized spacial score (nSPS) is 10.5. The molecule has 0 aliphatic heterocycles. The number of hydrogen-bond donors (Lipinski definition) is 4. The van der Waals surface area contributed by atoms with Crippen molar-refractivity contribution >= 4 is 0 Å². The lowest BCUT2D eigenvalue weighted by Gasteiger charge is -2.09. The molecule has 0 atom stereocenters. The first-order valence-corrected chi connectivity index (χ1v) is 7.12. The van der Waals surface area contributed by atoms with Crippen LogP contribution in [0.25, 0.3) is 22.4 Å². The van der Waals surface area contributed by atoms with Gasteiger partial charge in [-0.3, -0.25) is 4.79 Å². The molecule has 1 heterocycles. The van der Waals surface area contributed by atoms with Gasteiger partial charge in [0, 0.05) is 17.3 Å². The number of H-pyrrole nitrogens is 1. The third-order valence-corrected chi connectivity index (χ3v) is 3.64. The van der Waals surface area contributed by atoms with Gasteiger partial charge in [-0.05, 0) is 47.5 Å². The van der Waals surface area contributed by atoms with Crippen LogP contribution in [0.3, 0.4) is 0 Å². The number of nitrogens with one attached hydrogen (secondary N) is 1. The molecule has 3 aromatic rings. The molecule has 0 radical (unpaired) electrons. The van der Waals surface area contributed by atoms with Crippen LogP contribution in [0.15, 0.2) is 53.3 Å². The van der Waals surface area contributed by atoms with Crippen molar-refractivity contribution in [3.63, 3.8) is 0 Å². The fourth-order valence-corrected chi connectivity index (χ4v) is 2.43. The van der Waals surface area contributed by atoms with Crippen molar-refractivity contribution in [3.8, 4) is 45.4 Å². The van der Waals surface area contributed by atoms with Crippen molar-refractivity contribution in [2.75, 3.05) is 7.11 Å². The van der Waals surface area contributed by atoms with E-state index < -0.39 is 0 Å². The van der Waals surface area contributed by atoms with E-state index in [-0.39, 0.29) is 22.8 Å². The molecule has 3 rings (SSSR count). The summed E-state index contributed by atoms with van der Waals surface area (Å²) in [6.45, 7) is 0. The Labute approximate surface area is 137 Å². The maximum atomic E-state index is 12.0. The smallest absolute Gasteiger partial charge is 0.249 e. The monoisotopic (exact) mass is 325 g/mol. The van der Waals surface area contributed by atoms with Crippen LogP contribution in [0.2, 0.25) is 0 Å². The first-order chi connectivity index (χ1) is 11.5. The largest absolute Gasteiger partial charge is 0.504 e. The van der Waals surface area contributed by atoms with Crippen LogP contribution in [0, 0.1) is 0 Å². The van der Waals surface area contributed by atoms with Crippen LogP contribution >= 0.6 is 0 Å². The molecular weight excluding hydrogens is 310 g/mol. The van der Waals surface area contributed by atoms with Gasteiger partial charge in [-0.1, -0.05) is 6.07 Å². The van der Waals surface area contributed by atoms with E-state index in [0.717, 1.165) is 0 Å². The zero-order valence-corrected chi connectivity index (χ0v) is 12.8. The van der Waals surface area contributed by atoms with Gasteiger partial charge < -0.3 is 25.0 Å². The van der Waals surface area contributed by atoms with Crippen LogP contribution in [0.5, 0.6) is 23.0 Å². The molecule has 122 valence electrons. The summed E-state index contributed by atoms with van der Waals surface area (Å²) in [6.07, 6.45) is 0. The summed E-state index contributed by atoms with van der Waals surface area (Å²) in [5, 5.41) is 28.9. The standard InChI is InChI=1S/C18H15NO5/c1-24-17-5-3-11(8-16(17)22)13-6-12(9-18(23)19-13)10-2-4-14(20)15(21)7-10/h2-9,20-22H,1H3,(H,19,23). The highest BCUT2D eigenvalue weighted by Gasteiger charge is 2.09. The number of rotatable bonds is 3. The van der Waals surface area contributed by atoms with Crippen molar-refractivity contribution in [2.24, 2.45) is 0 Å². The molecule has 0 saturated carbocycles. The van der Waals surface area contributed by atoms with Gasteiger partial charge in [-0.2, -0.15) is 0 Å². The number of ether oxygens (including phenoxy) is 1. The lowest BCUT2D eigenvalue weighted by atomic mass is 10.0. The second-order valence-electron chi connectivity index (χ2n) is 5.24. The second-order valence-corrected chi connectivity index (χ2v) is 5.24. The summed E-state index contributed by atoms with van der Waals surface area (Å²) < 4.78 is 5.00. The number of aromatic hydroxyl groups is 3. The Morgan fingerprint density at radius 1 is 0.792 bits per heavy atom. The van der Waals surface area contributed by atoms with Crippen molar-refractivity contribution in [2.45, 2.75) is 0 Å². The molecule has 0 aliphatic carbocycles. The third-order valence-electron chi connectivity index (χ3n) is 3.64. The van der Waals surface area contributed by atoms with Crippen LogP contribution in [0.4, 0.5) is 0 Å². The summed E-state index contributed by atoms with van der Waals surface area (Å²) in [4.78, 5) is 14.7. The van der Waals surface area contributed by atoms with Crippen molar-refractivity contribution in [1.82, 2.24) is 4.98 Å². The number of phenolic OH excluding ortho intramolecular Hbond substituents is 3. The fourth-order valence-electron chi connectivity index (χ4n) is 2.43. The molecule has 24 heavy (non-hydrogen) atoms. The van der Waals surface area contributed by atoms with Gasteiger partial charge in [0.25, 0.3) is 0 Å². The summed E-state index contributed by atoms with van der Waals surface area (Å²) in [5.41, 5.74) is 1.93. The second kappa shape index (κ2) is 6.00. The maximum absolute atomic E-state index is 12.0. The molecule has 0 saturated heterocycles. The molecule has 0 aliphatic rings. The van der Waals surface area contributed by atoms with E-state index in [1.165, 1.54) is 31.4 Å². The third kappa shape index (κ3) is 2.89. The molecule has 4 N–H and O–H groups in total. The Hall–Kier alpha value is -3.41. The number of benzene rings is 2. The first kappa shape index (κ1) is 15.5. The minimum atomic E-state index is -0.328. The van der Waals surface area contributed by atoms with Crippen LogP contribution < -0.4 is 10.3 Å². The van der Waals surface area contributed by atoms with Gasteiger partial charge in [-0.15, -0.1) is 0 Å². The Kier molecular flexibility index (Phi) is 3.87. The molecule has 0 unspecified atom stereocenters. The molecule has 6 heteroatoms. The highest BCUT2D eigenvalue weighted by Crippen LogP contribution is 2.33. The van der Waals surface area contributed by atoms with Gasteiger partial charge in [0.05, 0.1) is 7.11 Å². The minimum absolute atomic E-state index is 0.0384. The van der Waals surface area contributed by atoms with E-state index in [9.17, 15) is 20.1 Å². The molecule has 0 fully saturated rings. The zero-order valence-electron chi connectivity index (χ0n) is 12.8. The highest BCUT2D eigenvalue weighted by atomic mass is 16.5. The average molecular weight is 325 g/mol. The van der Waals surface area contributed by atoms with Crippen molar-refractivity contribution < 1.29 is 20.1 Å². The van der Waals surface area contributed by atoms with Crippen LogP contribution in [-0.2, 0) is 0 Å². The lowest BCUT2D eigenvalue weighted by Crippen LogP contribution is -2.05. The van der Waals surface area contributed by atoms with E-state index in [1.54, 1.807) is 24.3 Å². The predicted molar refractivity (Wildman–Crippen MR) is 89.5 cm³/mol. The SMILES string of the molecule is COc1ccc(-c2cc(-c3ccc(O)c(O)c3)cc(=O)[nH]2)cc1O. The quantitative estimate of drug-likeness (QED) is 0.555. The van der Waals surface area contributed by atoms with E-state index in [1.807, 2.05) is 0 Å².